The maximum atomic E-state index is 12.0. The summed E-state index contributed by atoms with van der Waals surface area (Å²) in [6.45, 7) is 0.198. The first-order valence-electron chi connectivity index (χ1n) is 7.18. The van der Waals surface area contributed by atoms with Crippen molar-refractivity contribution in [2.24, 2.45) is 0 Å². The Morgan fingerprint density at radius 2 is 2.00 bits per heavy atom. The van der Waals surface area contributed by atoms with Gasteiger partial charge in [-0.1, -0.05) is 18.2 Å². The van der Waals surface area contributed by atoms with Crippen LogP contribution in [0.4, 0.5) is 4.79 Å². The molecule has 24 heavy (non-hydrogen) atoms. The van der Waals surface area contributed by atoms with Crippen LogP contribution in [0.2, 0.25) is 0 Å². The van der Waals surface area contributed by atoms with Gasteiger partial charge in [-0.15, -0.1) is 11.3 Å². The summed E-state index contributed by atoms with van der Waals surface area (Å²) in [7, 11) is 0. The summed E-state index contributed by atoms with van der Waals surface area (Å²) < 4.78 is 1.39. The maximum absolute atomic E-state index is 12.0. The van der Waals surface area contributed by atoms with E-state index in [0.29, 0.717) is 17.4 Å². The van der Waals surface area contributed by atoms with Crippen LogP contribution < -0.4 is 16.1 Å². The fraction of sp³-hybridized carbons (Fsp3) is 0.125. The zero-order valence-electron chi connectivity index (χ0n) is 12.6. The second-order valence-electron chi connectivity index (χ2n) is 4.99. The second kappa shape index (κ2) is 7.05. The summed E-state index contributed by atoms with van der Waals surface area (Å²) in [5.74, 6) is -0.514. The maximum Gasteiger partial charge on any atom is 0.321 e. The third-order valence-corrected chi connectivity index (χ3v) is 4.19. The van der Waals surface area contributed by atoms with E-state index in [9.17, 15) is 14.4 Å². The number of benzene rings is 1. The SMILES string of the molecule is O=C(Cn1ncc(=O)c2ccccc21)NC(=O)NCc1cccs1. The van der Waals surface area contributed by atoms with E-state index in [1.165, 1.54) is 16.0 Å². The molecule has 0 aliphatic heterocycles. The van der Waals surface area contributed by atoms with E-state index >= 15 is 0 Å². The van der Waals surface area contributed by atoms with Gasteiger partial charge in [0.15, 0.2) is 0 Å². The molecule has 0 saturated heterocycles. The van der Waals surface area contributed by atoms with Crippen molar-refractivity contribution in [3.63, 3.8) is 0 Å². The Morgan fingerprint density at radius 3 is 2.79 bits per heavy atom. The number of hydrogen-bond donors (Lipinski definition) is 2. The first-order chi connectivity index (χ1) is 11.6. The lowest BCUT2D eigenvalue weighted by Crippen LogP contribution is -2.40. The van der Waals surface area contributed by atoms with Crippen LogP contribution in [0.3, 0.4) is 0 Å². The molecule has 2 heterocycles. The fourth-order valence-corrected chi connectivity index (χ4v) is 2.86. The quantitative estimate of drug-likeness (QED) is 0.751. The highest BCUT2D eigenvalue weighted by atomic mass is 32.1. The summed E-state index contributed by atoms with van der Waals surface area (Å²) >= 11 is 1.52. The minimum Gasteiger partial charge on any atom is -0.333 e. The summed E-state index contributed by atoms with van der Waals surface area (Å²) in [6, 6.07) is 10.1. The van der Waals surface area contributed by atoms with Crippen molar-refractivity contribution < 1.29 is 9.59 Å². The highest BCUT2D eigenvalue weighted by molar-refractivity contribution is 7.09. The number of carbonyl (C=O) groups excluding carboxylic acids is 2. The number of amides is 3. The first kappa shape index (κ1) is 15.9. The highest BCUT2D eigenvalue weighted by Gasteiger charge is 2.11. The van der Waals surface area contributed by atoms with Crippen molar-refractivity contribution in [1.29, 1.82) is 0 Å². The standard InChI is InChI=1S/C16H14N4O3S/c21-14-9-18-20(13-6-2-1-5-12(13)14)10-15(22)19-16(23)17-8-11-4-3-7-24-11/h1-7,9H,8,10H2,(H2,17,19,22,23). The number of para-hydroxylation sites is 1. The minimum atomic E-state index is -0.571. The minimum absolute atomic E-state index is 0.160. The van der Waals surface area contributed by atoms with Gasteiger partial charge in [0.25, 0.3) is 0 Å². The molecule has 0 radical (unpaired) electrons. The smallest absolute Gasteiger partial charge is 0.321 e. The van der Waals surface area contributed by atoms with Crippen LogP contribution in [-0.2, 0) is 17.9 Å². The summed E-state index contributed by atoms with van der Waals surface area (Å²) in [6.07, 6.45) is 1.16. The normalized spacial score (nSPS) is 10.5. The van der Waals surface area contributed by atoms with E-state index in [1.54, 1.807) is 24.3 Å². The third kappa shape index (κ3) is 3.66. The predicted molar refractivity (Wildman–Crippen MR) is 90.7 cm³/mol. The Hall–Kier alpha value is -3.00. The number of aromatic nitrogens is 2. The number of rotatable bonds is 4. The molecule has 0 atom stereocenters. The second-order valence-corrected chi connectivity index (χ2v) is 6.03. The Kier molecular flexibility index (Phi) is 4.66. The van der Waals surface area contributed by atoms with E-state index in [1.807, 2.05) is 17.5 Å². The summed E-state index contributed by atoms with van der Waals surface area (Å²) in [5, 5.41) is 11.2. The van der Waals surface area contributed by atoms with Crippen molar-refractivity contribution in [3.8, 4) is 0 Å². The molecule has 122 valence electrons. The zero-order valence-corrected chi connectivity index (χ0v) is 13.4. The Labute approximate surface area is 140 Å². The molecule has 3 aromatic rings. The number of fused-ring (bicyclic) bond motifs is 1. The molecule has 0 unspecified atom stereocenters. The number of nitrogens with zero attached hydrogens (tertiary/aromatic N) is 2. The molecule has 0 aliphatic rings. The largest absolute Gasteiger partial charge is 0.333 e. The lowest BCUT2D eigenvalue weighted by molar-refractivity contribution is -0.120. The molecule has 1 aromatic carbocycles. The fourth-order valence-electron chi connectivity index (χ4n) is 2.21. The molecular formula is C16H14N4O3S. The highest BCUT2D eigenvalue weighted by Crippen LogP contribution is 2.08. The average Bonchev–Trinajstić information content (AvgIpc) is 3.09. The molecule has 0 bridgehead atoms. The van der Waals surface area contributed by atoms with E-state index in [-0.39, 0.29) is 12.0 Å². The van der Waals surface area contributed by atoms with Gasteiger partial charge in [0.1, 0.15) is 6.54 Å². The molecule has 8 heteroatoms. The molecule has 0 aliphatic carbocycles. The lowest BCUT2D eigenvalue weighted by atomic mass is 10.2. The van der Waals surface area contributed by atoms with Crippen molar-refractivity contribution in [2.45, 2.75) is 13.1 Å². The Morgan fingerprint density at radius 1 is 1.17 bits per heavy atom. The van der Waals surface area contributed by atoms with E-state index in [4.69, 9.17) is 0 Å². The number of thiophene rings is 1. The number of urea groups is 1. The van der Waals surface area contributed by atoms with Gasteiger partial charge in [-0.2, -0.15) is 5.10 Å². The van der Waals surface area contributed by atoms with Crippen LogP contribution in [0, 0.1) is 0 Å². The van der Waals surface area contributed by atoms with Crippen LogP contribution in [-0.4, -0.2) is 21.7 Å². The van der Waals surface area contributed by atoms with Gasteiger partial charge in [0.2, 0.25) is 11.3 Å². The number of carbonyl (C=O) groups is 2. The first-order valence-corrected chi connectivity index (χ1v) is 8.06. The van der Waals surface area contributed by atoms with E-state index < -0.39 is 11.9 Å². The van der Waals surface area contributed by atoms with Gasteiger partial charge in [0, 0.05) is 10.3 Å². The molecule has 0 saturated carbocycles. The van der Waals surface area contributed by atoms with Crippen LogP contribution >= 0.6 is 11.3 Å². The topological polar surface area (TPSA) is 93.1 Å². The Bertz CT molecular complexity index is 934. The monoisotopic (exact) mass is 342 g/mol. The van der Waals surface area contributed by atoms with Crippen LogP contribution in [0.25, 0.3) is 10.9 Å². The van der Waals surface area contributed by atoms with E-state index in [2.05, 4.69) is 15.7 Å². The van der Waals surface area contributed by atoms with Crippen LogP contribution in [0.1, 0.15) is 4.88 Å². The summed E-state index contributed by atoms with van der Waals surface area (Å²) in [4.78, 5) is 36.5. The van der Waals surface area contributed by atoms with Gasteiger partial charge in [-0.3, -0.25) is 19.6 Å². The molecule has 0 spiro atoms. The molecule has 2 N–H and O–H groups in total. The number of nitrogens with one attached hydrogen (secondary N) is 2. The molecular weight excluding hydrogens is 328 g/mol. The van der Waals surface area contributed by atoms with Gasteiger partial charge < -0.3 is 5.32 Å². The molecule has 3 amide bonds. The van der Waals surface area contributed by atoms with Crippen molar-refractivity contribution >= 4 is 34.2 Å². The predicted octanol–water partition coefficient (Wildman–Crippen LogP) is 1.48. The zero-order chi connectivity index (χ0) is 16.9. The van der Waals surface area contributed by atoms with Crippen molar-refractivity contribution in [1.82, 2.24) is 20.4 Å². The number of imide groups is 1. The van der Waals surface area contributed by atoms with Gasteiger partial charge in [-0.05, 0) is 23.6 Å². The van der Waals surface area contributed by atoms with Gasteiger partial charge in [-0.25, -0.2) is 4.79 Å². The van der Waals surface area contributed by atoms with E-state index in [0.717, 1.165) is 11.1 Å². The Balaban J connectivity index is 1.64. The average molecular weight is 342 g/mol. The van der Waals surface area contributed by atoms with Crippen LogP contribution in [0.15, 0.2) is 52.8 Å². The van der Waals surface area contributed by atoms with Crippen LogP contribution in [0.5, 0.6) is 0 Å². The number of hydrogen-bond acceptors (Lipinski definition) is 5. The van der Waals surface area contributed by atoms with Crippen molar-refractivity contribution in [3.05, 3.63) is 63.1 Å². The lowest BCUT2D eigenvalue weighted by Gasteiger charge is -2.09. The summed E-state index contributed by atoms with van der Waals surface area (Å²) in [5.41, 5.74) is 0.329. The van der Waals surface area contributed by atoms with Gasteiger partial charge >= 0.3 is 6.03 Å². The van der Waals surface area contributed by atoms with Gasteiger partial charge in [0.05, 0.1) is 18.3 Å². The molecule has 0 fully saturated rings. The molecule has 7 nitrogen and oxygen atoms in total. The molecule has 2 aromatic heterocycles. The third-order valence-electron chi connectivity index (χ3n) is 3.31. The van der Waals surface area contributed by atoms with Crippen molar-refractivity contribution in [2.75, 3.05) is 0 Å². The molecule has 3 rings (SSSR count).